The number of hydrogen-bond donors (Lipinski definition) is 2. The fraction of sp³-hybridized carbons (Fsp3) is 0.586. The minimum atomic E-state index is -1.07. The van der Waals surface area contributed by atoms with Crippen molar-refractivity contribution in [3.8, 4) is 0 Å². The Hall–Kier alpha value is -3.72. The van der Waals surface area contributed by atoms with Crippen LogP contribution in [0, 0.1) is 0 Å². The summed E-state index contributed by atoms with van der Waals surface area (Å²) in [5, 5.41) is 4.88. The van der Waals surface area contributed by atoms with Crippen LogP contribution >= 0.6 is 0 Å². The van der Waals surface area contributed by atoms with Gasteiger partial charge in [0.2, 0.25) is 17.7 Å². The van der Waals surface area contributed by atoms with Crippen LogP contribution in [0.2, 0.25) is 0 Å². The highest BCUT2D eigenvalue weighted by molar-refractivity contribution is 6.26. The Morgan fingerprint density at radius 2 is 1.47 bits per heavy atom. The normalized spacial score (nSPS) is 16.3. The number of esters is 1. The highest BCUT2D eigenvalue weighted by Crippen LogP contribution is 2.32. The van der Waals surface area contributed by atoms with E-state index in [2.05, 4.69) is 10.6 Å². The molecule has 2 aliphatic rings. The zero-order valence-corrected chi connectivity index (χ0v) is 24.4. The van der Waals surface area contributed by atoms with Crippen molar-refractivity contribution >= 4 is 41.2 Å². The molecule has 3 rings (SSSR count). The van der Waals surface area contributed by atoms with Crippen LogP contribution in [-0.2, 0) is 42.9 Å². The Morgan fingerprint density at radius 1 is 0.837 bits per heavy atom. The highest BCUT2D eigenvalue weighted by atomic mass is 16.6. The Bertz CT molecular complexity index is 1160. The lowest BCUT2D eigenvalue weighted by molar-refractivity contribution is -0.142. The van der Waals surface area contributed by atoms with E-state index < -0.39 is 29.7 Å². The van der Waals surface area contributed by atoms with Crippen LogP contribution in [0.25, 0.3) is 0 Å². The van der Waals surface area contributed by atoms with E-state index in [0.29, 0.717) is 59.3 Å². The first kappa shape index (κ1) is 33.8. The number of carbonyl (C=O) groups excluding carboxylic acids is 6. The van der Waals surface area contributed by atoms with Gasteiger partial charge in [0.1, 0.15) is 12.6 Å². The number of amides is 5. The van der Waals surface area contributed by atoms with Crippen molar-refractivity contribution < 1.29 is 52.5 Å². The van der Waals surface area contributed by atoms with Gasteiger partial charge in [-0.25, -0.2) is 0 Å². The van der Waals surface area contributed by atoms with Crippen molar-refractivity contribution in [2.75, 3.05) is 64.8 Å². The number of benzene rings is 1. The molecule has 2 aliphatic heterocycles. The predicted octanol–water partition coefficient (Wildman–Crippen LogP) is 1.22. The van der Waals surface area contributed by atoms with Gasteiger partial charge in [0.05, 0.1) is 63.1 Å². The molecule has 1 unspecified atom stereocenters. The van der Waals surface area contributed by atoms with Crippen LogP contribution in [0.3, 0.4) is 0 Å². The molecule has 5 amide bonds. The summed E-state index contributed by atoms with van der Waals surface area (Å²) in [7, 11) is 0. The van der Waals surface area contributed by atoms with E-state index in [4.69, 9.17) is 23.7 Å². The molecule has 236 valence electrons. The first-order valence-electron chi connectivity index (χ1n) is 14.4. The van der Waals surface area contributed by atoms with E-state index in [0.717, 1.165) is 17.7 Å². The number of rotatable bonds is 20. The summed E-state index contributed by atoms with van der Waals surface area (Å²) < 4.78 is 26.3. The lowest BCUT2D eigenvalue weighted by atomic mass is 10.0. The van der Waals surface area contributed by atoms with Gasteiger partial charge in [-0.1, -0.05) is 12.5 Å². The second-order valence-corrected chi connectivity index (χ2v) is 9.82. The molecule has 0 saturated carbocycles. The number of nitrogens with one attached hydrogen (secondary N) is 2. The molecule has 0 spiro atoms. The molecule has 2 heterocycles. The Morgan fingerprint density at radius 3 is 2.09 bits per heavy atom. The summed E-state index contributed by atoms with van der Waals surface area (Å²) in [5.74, 6) is -3.05. The predicted molar refractivity (Wildman–Crippen MR) is 150 cm³/mol. The van der Waals surface area contributed by atoms with Gasteiger partial charge < -0.3 is 29.0 Å². The van der Waals surface area contributed by atoms with Crippen LogP contribution in [0.1, 0.15) is 66.2 Å². The summed E-state index contributed by atoms with van der Waals surface area (Å²) in [6.07, 6.45) is 2.45. The number of hydrogen-bond acceptors (Lipinski definition) is 11. The summed E-state index contributed by atoms with van der Waals surface area (Å²) >= 11 is 0. The molecule has 43 heavy (non-hydrogen) atoms. The molecule has 0 aliphatic carbocycles. The quantitative estimate of drug-likeness (QED) is 0.124. The van der Waals surface area contributed by atoms with Crippen molar-refractivity contribution in [3.05, 3.63) is 29.3 Å². The van der Waals surface area contributed by atoms with Gasteiger partial charge in [-0.3, -0.25) is 39.0 Å². The fourth-order valence-corrected chi connectivity index (χ4v) is 4.50. The molecular weight excluding hydrogens is 566 g/mol. The van der Waals surface area contributed by atoms with Gasteiger partial charge in [0.15, 0.2) is 0 Å². The van der Waals surface area contributed by atoms with E-state index in [1.165, 1.54) is 13.0 Å². The number of carbonyl (C=O) groups is 6. The maximum atomic E-state index is 13.1. The summed E-state index contributed by atoms with van der Waals surface area (Å²) in [6, 6.07) is 3.52. The van der Waals surface area contributed by atoms with Gasteiger partial charge in [-0.15, -0.1) is 0 Å². The first-order chi connectivity index (χ1) is 20.8. The largest absolute Gasteiger partial charge is 0.463 e. The van der Waals surface area contributed by atoms with E-state index in [1.807, 2.05) is 0 Å². The Kier molecular flexibility index (Phi) is 14.2. The maximum absolute atomic E-state index is 13.1. The van der Waals surface area contributed by atoms with Gasteiger partial charge in [-0.05, 0) is 31.4 Å². The van der Waals surface area contributed by atoms with Crippen LogP contribution in [0.5, 0.6) is 0 Å². The van der Waals surface area contributed by atoms with E-state index in [1.54, 1.807) is 12.1 Å². The van der Waals surface area contributed by atoms with E-state index >= 15 is 0 Å². The zero-order chi connectivity index (χ0) is 31.0. The molecule has 1 atom stereocenters. The van der Waals surface area contributed by atoms with Crippen molar-refractivity contribution in [2.45, 2.75) is 51.5 Å². The van der Waals surface area contributed by atoms with Crippen molar-refractivity contribution in [2.24, 2.45) is 0 Å². The number of fused-ring (bicyclic) bond motifs is 1. The molecule has 1 aromatic rings. The molecule has 0 aromatic heterocycles. The van der Waals surface area contributed by atoms with Crippen molar-refractivity contribution in [3.63, 3.8) is 0 Å². The topological polar surface area (TPSA) is 176 Å². The van der Waals surface area contributed by atoms with E-state index in [9.17, 15) is 28.8 Å². The molecule has 0 bridgehead atoms. The van der Waals surface area contributed by atoms with Crippen LogP contribution < -0.4 is 10.6 Å². The van der Waals surface area contributed by atoms with Gasteiger partial charge in [0.25, 0.3) is 11.8 Å². The molecule has 2 N–H and O–H groups in total. The number of piperidine rings is 1. The standard InChI is InChI=1S/C29H39N3O11/c1-20(33)43-19-18-42-17-16-41-15-14-40-13-12-39-11-4-2-3-8-24(34)30-22-7-5-6-21-26(22)29(38)32(28(21)37)23-9-10-25(35)31-27(23)36/h5-7,23H,2-4,8-19H2,1H3,(H,30,34)(H,31,35,36). The van der Waals surface area contributed by atoms with Crippen LogP contribution in [-0.4, -0.2) is 106 Å². The van der Waals surface area contributed by atoms with Crippen molar-refractivity contribution in [1.29, 1.82) is 0 Å². The summed E-state index contributed by atoms with van der Waals surface area (Å²) in [4.78, 5) is 73.8. The van der Waals surface area contributed by atoms with Crippen LogP contribution in [0.4, 0.5) is 5.69 Å². The average Bonchev–Trinajstić information content (AvgIpc) is 3.22. The monoisotopic (exact) mass is 605 g/mol. The molecule has 14 nitrogen and oxygen atoms in total. The Balaban J connectivity index is 1.22. The fourth-order valence-electron chi connectivity index (χ4n) is 4.50. The number of nitrogens with zero attached hydrogens (tertiary/aromatic N) is 1. The molecule has 1 aromatic carbocycles. The lowest BCUT2D eigenvalue weighted by Crippen LogP contribution is -2.54. The summed E-state index contributed by atoms with van der Waals surface area (Å²) in [5.41, 5.74) is 0.379. The number of imide groups is 2. The first-order valence-corrected chi connectivity index (χ1v) is 14.4. The zero-order valence-electron chi connectivity index (χ0n) is 24.4. The molecule has 14 heteroatoms. The van der Waals surface area contributed by atoms with Gasteiger partial charge in [-0.2, -0.15) is 0 Å². The highest BCUT2D eigenvalue weighted by Gasteiger charge is 2.45. The molecule has 1 saturated heterocycles. The summed E-state index contributed by atoms with van der Waals surface area (Å²) in [6.45, 7) is 5.03. The van der Waals surface area contributed by atoms with Gasteiger partial charge in [0, 0.05) is 26.4 Å². The second kappa shape index (κ2) is 18.1. The van der Waals surface area contributed by atoms with Gasteiger partial charge >= 0.3 is 5.97 Å². The number of unbranched alkanes of at least 4 members (excludes halogenated alkanes) is 2. The number of anilines is 1. The Labute approximate surface area is 249 Å². The third-order valence-corrected chi connectivity index (χ3v) is 6.58. The lowest BCUT2D eigenvalue weighted by Gasteiger charge is -2.27. The SMILES string of the molecule is CC(=O)OCCOCCOCCOCCOCCCCCC(=O)Nc1cccc2c1C(=O)N(C1CCC(=O)NC1=O)C2=O. The third kappa shape index (κ3) is 10.8. The number of ether oxygens (including phenoxy) is 5. The van der Waals surface area contributed by atoms with Crippen LogP contribution in [0.15, 0.2) is 18.2 Å². The minimum absolute atomic E-state index is 0.0297. The molecule has 1 fully saturated rings. The third-order valence-electron chi connectivity index (χ3n) is 6.58. The van der Waals surface area contributed by atoms with Crippen molar-refractivity contribution in [1.82, 2.24) is 10.2 Å². The maximum Gasteiger partial charge on any atom is 0.302 e. The molecule has 0 radical (unpaired) electrons. The van der Waals surface area contributed by atoms with E-state index in [-0.39, 0.29) is 54.6 Å². The molecular formula is C29H39N3O11. The smallest absolute Gasteiger partial charge is 0.302 e. The average molecular weight is 606 g/mol. The second-order valence-electron chi connectivity index (χ2n) is 9.82. The minimum Gasteiger partial charge on any atom is -0.463 e.